The largest absolute Gasteiger partial charge is 0.366 e. The summed E-state index contributed by atoms with van der Waals surface area (Å²) in [5.74, 6) is -0.527. The second-order valence-corrected chi connectivity index (χ2v) is 8.54. The summed E-state index contributed by atoms with van der Waals surface area (Å²) in [6.07, 6.45) is 1.58. The van der Waals surface area contributed by atoms with Crippen molar-refractivity contribution in [1.82, 2.24) is 4.31 Å². The zero-order valence-electron chi connectivity index (χ0n) is 13.2. The minimum Gasteiger partial charge on any atom is -0.366 e. The van der Waals surface area contributed by atoms with Gasteiger partial charge in [0.15, 0.2) is 0 Å². The highest BCUT2D eigenvalue weighted by molar-refractivity contribution is 7.89. The summed E-state index contributed by atoms with van der Waals surface area (Å²) in [6, 6.07) is 11.1. The second kappa shape index (κ2) is 6.96. The number of amides is 1. The number of sulfonamides is 1. The molecule has 0 aliphatic heterocycles. The molecule has 2 aromatic rings. The lowest BCUT2D eigenvalue weighted by atomic mass is 10.1. The first-order valence-electron chi connectivity index (χ1n) is 7.65. The van der Waals surface area contributed by atoms with Crippen LogP contribution in [-0.2, 0) is 16.6 Å². The molecule has 1 aliphatic carbocycles. The Kier molecular flexibility index (Phi) is 5.06. The van der Waals surface area contributed by atoms with E-state index in [1.807, 2.05) is 0 Å². The molecule has 2 aromatic carbocycles. The first-order chi connectivity index (χ1) is 11.8. The number of halogens is 2. The van der Waals surface area contributed by atoms with Crippen LogP contribution in [0.5, 0.6) is 0 Å². The normalized spacial score (nSPS) is 14.7. The Bertz CT molecular complexity index is 890. The molecule has 0 atom stereocenters. The molecule has 1 saturated carbocycles. The Morgan fingerprint density at radius 2 is 1.64 bits per heavy atom. The number of rotatable bonds is 6. The molecular weight excluding hydrogens is 383 g/mol. The Hall–Kier alpha value is -1.60. The maximum absolute atomic E-state index is 13.1. The van der Waals surface area contributed by atoms with Gasteiger partial charge in [-0.15, -0.1) is 0 Å². The van der Waals surface area contributed by atoms with Crippen molar-refractivity contribution in [1.29, 1.82) is 0 Å². The summed E-state index contributed by atoms with van der Waals surface area (Å²) in [7, 11) is -3.85. The molecule has 1 aliphatic rings. The van der Waals surface area contributed by atoms with Crippen LogP contribution in [0.25, 0.3) is 0 Å². The first-order valence-corrected chi connectivity index (χ1v) is 9.85. The predicted octanol–water partition coefficient (Wildman–Crippen LogP) is 3.45. The molecule has 132 valence electrons. The maximum Gasteiger partial charge on any atom is 0.248 e. The Labute approximate surface area is 156 Å². The minimum absolute atomic E-state index is 0.0704. The maximum atomic E-state index is 13.1. The molecule has 1 amide bonds. The summed E-state index contributed by atoms with van der Waals surface area (Å²) >= 11 is 12.2. The summed E-state index contributed by atoms with van der Waals surface area (Å²) < 4.78 is 27.7. The van der Waals surface area contributed by atoms with Gasteiger partial charge in [0.05, 0.1) is 10.0 Å². The highest BCUT2D eigenvalue weighted by Crippen LogP contribution is 2.38. The molecule has 0 unspecified atom stereocenters. The van der Waals surface area contributed by atoms with E-state index in [2.05, 4.69) is 0 Å². The molecule has 0 heterocycles. The highest BCUT2D eigenvalue weighted by atomic mass is 35.5. The number of carbonyl (C=O) groups is 1. The van der Waals surface area contributed by atoms with Crippen molar-refractivity contribution in [3.8, 4) is 0 Å². The van der Waals surface area contributed by atoms with Gasteiger partial charge in [-0.1, -0.05) is 41.4 Å². The molecular formula is C17H16Cl2N2O3S. The van der Waals surface area contributed by atoms with Crippen molar-refractivity contribution < 1.29 is 13.2 Å². The molecule has 5 nitrogen and oxygen atoms in total. The van der Waals surface area contributed by atoms with E-state index in [0.29, 0.717) is 5.56 Å². The summed E-state index contributed by atoms with van der Waals surface area (Å²) in [5, 5.41) is 0.199. The third kappa shape index (κ3) is 3.82. The Balaban J connectivity index is 1.95. The molecule has 8 heteroatoms. The van der Waals surface area contributed by atoms with Gasteiger partial charge in [-0.2, -0.15) is 4.31 Å². The van der Waals surface area contributed by atoms with Crippen molar-refractivity contribution in [3.63, 3.8) is 0 Å². The van der Waals surface area contributed by atoms with Crippen molar-refractivity contribution in [2.75, 3.05) is 0 Å². The minimum atomic E-state index is -3.85. The van der Waals surface area contributed by atoms with Crippen LogP contribution in [0.1, 0.15) is 28.8 Å². The summed E-state index contributed by atoms with van der Waals surface area (Å²) in [6.45, 7) is 0.174. The van der Waals surface area contributed by atoms with Gasteiger partial charge in [-0.3, -0.25) is 4.79 Å². The van der Waals surface area contributed by atoms with E-state index in [0.717, 1.165) is 18.4 Å². The molecule has 0 spiro atoms. The lowest BCUT2D eigenvalue weighted by Gasteiger charge is -2.23. The lowest BCUT2D eigenvalue weighted by molar-refractivity contribution is 0.1000. The van der Waals surface area contributed by atoms with Crippen LogP contribution < -0.4 is 5.73 Å². The van der Waals surface area contributed by atoms with Gasteiger partial charge in [0, 0.05) is 18.2 Å². The fourth-order valence-electron chi connectivity index (χ4n) is 2.57. The number of nitrogens with zero attached hydrogens (tertiary/aromatic N) is 1. The van der Waals surface area contributed by atoms with E-state index < -0.39 is 15.9 Å². The summed E-state index contributed by atoms with van der Waals surface area (Å²) in [4.78, 5) is 11.1. The molecule has 0 aromatic heterocycles. The lowest BCUT2D eigenvalue weighted by Crippen LogP contribution is -2.33. The third-order valence-electron chi connectivity index (χ3n) is 4.02. The van der Waals surface area contributed by atoms with Crippen LogP contribution in [0.2, 0.25) is 10.0 Å². The predicted molar refractivity (Wildman–Crippen MR) is 97.2 cm³/mol. The van der Waals surface area contributed by atoms with Gasteiger partial charge >= 0.3 is 0 Å². The van der Waals surface area contributed by atoms with E-state index in [9.17, 15) is 13.2 Å². The van der Waals surface area contributed by atoms with Crippen molar-refractivity contribution in [2.45, 2.75) is 30.3 Å². The molecule has 3 rings (SSSR count). The van der Waals surface area contributed by atoms with E-state index >= 15 is 0 Å². The SMILES string of the molecule is NC(=O)c1ccc(CN(C2CC2)S(=O)(=O)c2c(Cl)cccc2Cl)cc1. The van der Waals surface area contributed by atoms with Gasteiger partial charge in [0.2, 0.25) is 15.9 Å². The summed E-state index contributed by atoms with van der Waals surface area (Å²) in [5.41, 5.74) is 6.35. The van der Waals surface area contributed by atoms with Gasteiger partial charge < -0.3 is 5.73 Å². The smallest absolute Gasteiger partial charge is 0.248 e. The molecule has 25 heavy (non-hydrogen) atoms. The number of nitrogens with two attached hydrogens (primary N) is 1. The van der Waals surface area contributed by atoms with Gasteiger partial charge in [-0.05, 0) is 42.7 Å². The fourth-order valence-corrected chi connectivity index (χ4v) is 5.34. The number of primary amides is 1. The van der Waals surface area contributed by atoms with E-state index in [1.165, 1.54) is 16.4 Å². The zero-order chi connectivity index (χ0) is 18.2. The molecule has 0 saturated heterocycles. The van der Waals surface area contributed by atoms with Crippen molar-refractivity contribution in [2.24, 2.45) is 5.73 Å². The third-order valence-corrected chi connectivity index (χ3v) is 6.87. The monoisotopic (exact) mass is 398 g/mol. The topological polar surface area (TPSA) is 80.5 Å². The van der Waals surface area contributed by atoms with Crippen LogP contribution in [0.3, 0.4) is 0 Å². The molecule has 1 fully saturated rings. The molecule has 2 N–H and O–H groups in total. The zero-order valence-corrected chi connectivity index (χ0v) is 15.5. The second-order valence-electron chi connectivity index (χ2n) is 5.89. The Morgan fingerprint density at radius 3 is 2.12 bits per heavy atom. The molecule has 0 radical (unpaired) electrons. The van der Waals surface area contributed by atoms with E-state index in [4.69, 9.17) is 28.9 Å². The van der Waals surface area contributed by atoms with Crippen LogP contribution in [0, 0.1) is 0 Å². The highest BCUT2D eigenvalue weighted by Gasteiger charge is 2.39. The van der Waals surface area contributed by atoms with E-state index in [1.54, 1.807) is 30.3 Å². The van der Waals surface area contributed by atoms with Crippen molar-refractivity contribution >= 4 is 39.1 Å². The van der Waals surface area contributed by atoms with Gasteiger partial charge in [0.25, 0.3) is 0 Å². The number of benzene rings is 2. The average Bonchev–Trinajstić information content (AvgIpc) is 3.37. The van der Waals surface area contributed by atoms with Crippen LogP contribution in [-0.4, -0.2) is 24.7 Å². The van der Waals surface area contributed by atoms with Gasteiger partial charge in [0.1, 0.15) is 4.90 Å². The fraction of sp³-hybridized carbons (Fsp3) is 0.235. The van der Waals surface area contributed by atoms with E-state index in [-0.39, 0.29) is 27.5 Å². The quantitative estimate of drug-likeness (QED) is 0.808. The first kappa shape index (κ1) is 18.2. The van der Waals surface area contributed by atoms with Gasteiger partial charge in [-0.25, -0.2) is 8.42 Å². The van der Waals surface area contributed by atoms with Crippen LogP contribution in [0.15, 0.2) is 47.4 Å². The van der Waals surface area contributed by atoms with Crippen LogP contribution >= 0.6 is 23.2 Å². The van der Waals surface area contributed by atoms with Crippen molar-refractivity contribution in [3.05, 3.63) is 63.6 Å². The standard InChI is InChI=1S/C17H16Cl2N2O3S/c18-14-2-1-3-15(19)16(14)25(23,24)21(13-8-9-13)10-11-4-6-12(7-5-11)17(20)22/h1-7,13H,8-10H2,(H2,20,22). The number of hydrogen-bond acceptors (Lipinski definition) is 3. The Morgan fingerprint density at radius 1 is 1.08 bits per heavy atom. The number of carbonyl (C=O) groups excluding carboxylic acids is 1. The number of hydrogen-bond donors (Lipinski definition) is 1. The molecule has 0 bridgehead atoms. The average molecular weight is 399 g/mol. The van der Waals surface area contributed by atoms with Crippen LogP contribution in [0.4, 0.5) is 0 Å².